The third-order valence-electron chi connectivity index (χ3n) is 4.07. The first kappa shape index (κ1) is 18.0. The summed E-state index contributed by atoms with van der Waals surface area (Å²) in [7, 11) is -1.48. The minimum absolute atomic E-state index is 0.0314. The van der Waals surface area contributed by atoms with Crippen LogP contribution in [-0.4, -0.2) is 37.0 Å². The number of hydrogen-bond donors (Lipinski definition) is 2. The second kappa shape index (κ2) is 7.63. The molecule has 1 atom stereocenters. The molecular weight excluding hydrogens is 352 g/mol. The van der Waals surface area contributed by atoms with E-state index in [1.54, 1.807) is 6.20 Å². The molecule has 0 saturated carbocycles. The molecule has 0 bridgehead atoms. The van der Waals surface area contributed by atoms with Crippen LogP contribution in [0.1, 0.15) is 23.6 Å². The van der Waals surface area contributed by atoms with Crippen molar-refractivity contribution in [1.29, 1.82) is 0 Å². The summed E-state index contributed by atoms with van der Waals surface area (Å²) in [6.07, 6.45) is 9.30. The van der Waals surface area contributed by atoms with Crippen LogP contribution >= 0.6 is 11.3 Å². The zero-order valence-corrected chi connectivity index (χ0v) is 16.7. The smallest absolute Gasteiger partial charge is 0.230 e. The van der Waals surface area contributed by atoms with Crippen molar-refractivity contribution >= 4 is 48.0 Å². The van der Waals surface area contributed by atoms with Gasteiger partial charge in [-0.3, -0.25) is 4.79 Å². The Bertz CT molecular complexity index is 757. The van der Waals surface area contributed by atoms with Crippen LogP contribution in [0.4, 0.5) is 5.13 Å². The van der Waals surface area contributed by atoms with E-state index < -0.39 is 8.07 Å². The number of aromatic nitrogens is 2. The first-order valence-corrected chi connectivity index (χ1v) is 12.9. The number of rotatable bonds is 5. The van der Waals surface area contributed by atoms with Gasteiger partial charge in [0.25, 0.3) is 0 Å². The van der Waals surface area contributed by atoms with Crippen LogP contribution in [0, 0.1) is 5.92 Å². The van der Waals surface area contributed by atoms with Gasteiger partial charge in [-0.15, -0.1) is 0 Å². The summed E-state index contributed by atoms with van der Waals surface area (Å²) in [5.41, 5.74) is 0. The van der Waals surface area contributed by atoms with Gasteiger partial charge in [0, 0.05) is 23.7 Å². The van der Waals surface area contributed by atoms with Crippen molar-refractivity contribution in [3.8, 4) is 0 Å². The number of amides is 1. The highest BCUT2D eigenvalue weighted by molar-refractivity contribution is 7.16. The predicted molar refractivity (Wildman–Crippen MR) is 105 cm³/mol. The fourth-order valence-electron chi connectivity index (χ4n) is 2.57. The Hall–Kier alpha value is -1.77. The molecule has 1 fully saturated rings. The van der Waals surface area contributed by atoms with Gasteiger partial charge in [0.05, 0.1) is 12.1 Å². The standard InChI is InChI=1S/C17H24N4O2SSi/c1-25(2,3)15-11-19-14(23-15)7-6-13-10-20-17(24-13)21-16(22)12-5-4-8-18-9-12/h6-7,10-12,18H,4-5,8-9H2,1-3H3,(H,20,21,22)/b7-6+. The molecular formula is C17H24N4O2SSi. The van der Waals surface area contributed by atoms with Crippen molar-refractivity contribution in [3.63, 3.8) is 0 Å². The lowest BCUT2D eigenvalue weighted by Crippen LogP contribution is -2.37. The molecule has 134 valence electrons. The van der Waals surface area contributed by atoms with E-state index in [4.69, 9.17) is 4.42 Å². The predicted octanol–water partition coefficient (Wildman–Crippen LogP) is 2.78. The van der Waals surface area contributed by atoms with Crippen LogP contribution in [0.2, 0.25) is 19.6 Å². The van der Waals surface area contributed by atoms with Crippen LogP contribution in [0.5, 0.6) is 0 Å². The molecule has 25 heavy (non-hydrogen) atoms. The lowest BCUT2D eigenvalue weighted by atomic mass is 9.99. The fourth-order valence-corrected chi connectivity index (χ4v) is 4.15. The normalized spacial score (nSPS) is 18.6. The maximum atomic E-state index is 12.2. The molecule has 3 rings (SSSR count). The molecule has 0 aliphatic carbocycles. The molecule has 6 nitrogen and oxygen atoms in total. The van der Waals surface area contributed by atoms with Gasteiger partial charge in [0.15, 0.2) is 5.13 Å². The highest BCUT2D eigenvalue weighted by atomic mass is 32.1. The highest BCUT2D eigenvalue weighted by Crippen LogP contribution is 2.22. The summed E-state index contributed by atoms with van der Waals surface area (Å²) >= 11 is 1.45. The van der Waals surface area contributed by atoms with Crippen molar-refractivity contribution in [3.05, 3.63) is 23.2 Å². The van der Waals surface area contributed by atoms with Gasteiger partial charge in [-0.1, -0.05) is 31.0 Å². The van der Waals surface area contributed by atoms with Crippen LogP contribution in [0.3, 0.4) is 0 Å². The van der Waals surface area contributed by atoms with Crippen LogP contribution in [0.25, 0.3) is 12.2 Å². The molecule has 1 aliphatic rings. The van der Waals surface area contributed by atoms with Gasteiger partial charge in [-0.2, -0.15) is 0 Å². The summed E-state index contributed by atoms with van der Waals surface area (Å²) in [5.74, 6) is 0.679. The number of thiazole rings is 1. The molecule has 1 saturated heterocycles. The zero-order valence-electron chi connectivity index (χ0n) is 14.8. The number of anilines is 1. The summed E-state index contributed by atoms with van der Waals surface area (Å²) in [5, 5.41) is 7.79. The Kier molecular flexibility index (Phi) is 5.50. The van der Waals surface area contributed by atoms with E-state index in [9.17, 15) is 4.79 Å². The van der Waals surface area contributed by atoms with E-state index in [1.807, 2.05) is 18.3 Å². The number of carbonyl (C=O) groups is 1. The van der Waals surface area contributed by atoms with Crippen molar-refractivity contribution in [2.24, 2.45) is 5.92 Å². The molecule has 2 aromatic heterocycles. The monoisotopic (exact) mass is 376 g/mol. The van der Waals surface area contributed by atoms with Crippen LogP contribution in [-0.2, 0) is 4.79 Å². The molecule has 1 aliphatic heterocycles. The zero-order chi connectivity index (χ0) is 17.9. The van der Waals surface area contributed by atoms with Crippen LogP contribution < -0.4 is 16.0 Å². The van der Waals surface area contributed by atoms with Gasteiger partial charge in [0.1, 0.15) is 13.5 Å². The third-order valence-corrected chi connectivity index (χ3v) is 6.66. The Balaban J connectivity index is 1.59. The molecule has 2 aromatic rings. The first-order valence-electron chi connectivity index (χ1n) is 8.53. The van der Waals surface area contributed by atoms with Gasteiger partial charge in [-0.05, 0) is 25.5 Å². The number of oxazole rings is 1. The van der Waals surface area contributed by atoms with E-state index in [0.29, 0.717) is 11.0 Å². The second-order valence-corrected chi connectivity index (χ2v) is 13.3. The Morgan fingerprint density at radius 2 is 2.20 bits per heavy atom. The Labute approximate surface area is 152 Å². The molecule has 1 unspecified atom stereocenters. The largest absolute Gasteiger partial charge is 0.447 e. The number of piperidine rings is 1. The highest BCUT2D eigenvalue weighted by Gasteiger charge is 2.22. The number of hydrogen-bond acceptors (Lipinski definition) is 6. The van der Waals surface area contributed by atoms with Crippen molar-refractivity contribution in [1.82, 2.24) is 15.3 Å². The van der Waals surface area contributed by atoms with E-state index in [1.165, 1.54) is 11.3 Å². The number of nitrogens with zero attached hydrogens (tertiary/aromatic N) is 2. The molecule has 0 aromatic carbocycles. The van der Waals surface area contributed by atoms with Gasteiger partial charge < -0.3 is 15.1 Å². The average molecular weight is 377 g/mol. The lowest BCUT2D eigenvalue weighted by Gasteiger charge is -2.21. The SMILES string of the molecule is C[Si](C)(C)c1cnc(/C=C/c2cnc(NC(=O)C3CCCNC3)s2)o1. The third kappa shape index (κ3) is 4.87. The summed E-state index contributed by atoms with van der Waals surface area (Å²) < 4.78 is 5.79. The Morgan fingerprint density at radius 1 is 1.36 bits per heavy atom. The van der Waals surface area contributed by atoms with Crippen LogP contribution in [0.15, 0.2) is 16.8 Å². The molecule has 0 radical (unpaired) electrons. The lowest BCUT2D eigenvalue weighted by molar-refractivity contribution is -0.120. The van der Waals surface area contributed by atoms with Gasteiger partial charge in [-0.25, -0.2) is 9.97 Å². The maximum Gasteiger partial charge on any atom is 0.230 e. The van der Waals surface area contributed by atoms with Crippen molar-refractivity contribution in [2.45, 2.75) is 32.5 Å². The van der Waals surface area contributed by atoms with E-state index in [0.717, 1.165) is 36.2 Å². The quantitative estimate of drug-likeness (QED) is 0.785. The molecule has 3 heterocycles. The molecule has 8 heteroatoms. The Morgan fingerprint density at radius 3 is 2.88 bits per heavy atom. The minimum Gasteiger partial charge on any atom is -0.447 e. The van der Waals surface area contributed by atoms with E-state index >= 15 is 0 Å². The minimum atomic E-state index is -1.48. The van der Waals surface area contributed by atoms with Gasteiger partial charge in [0.2, 0.25) is 11.8 Å². The molecule has 1 amide bonds. The van der Waals surface area contributed by atoms with E-state index in [2.05, 4.69) is 40.2 Å². The molecule has 0 spiro atoms. The van der Waals surface area contributed by atoms with Crippen molar-refractivity contribution in [2.75, 3.05) is 18.4 Å². The first-order chi connectivity index (χ1) is 11.9. The number of carbonyl (C=O) groups excluding carboxylic acids is 1. The second-order valence-electron chi connectivity index (χ2n) is 7.25. The summed E-state index contributed by atoms with van der Waals surface area (Å²) in [6, 6.07) is 0. The average Bonchev–Trinajstić information content (AvgIpc) is 3.22. The van der Waals surface area contributed by atoms with Crippen molar-refractivity contribution < 1.29 is 9.21 Å². The molecule has 2 N–H and O–H groups in total. The fraction of sp³-hybridized carbons (Fsp3) is 0.471. The maximum absolute atomic E-state index is 12.2. The number of nitrogens with one attached hydrogen (secondary N) is 2. The topological polar surface area (TPSA) is 80.0 Å². The summed E-state index contributed by atoms with van der Waals surface area (Å²) in [6.45, 7) is 8.41. The summed E-state index contributed by atoms with van der Waals surface area (Å²) in [4.78, 5) is 21.8. The van der Waals surface area contributed by atoms with Gasteiger partial charge >= 0.3 is 0 Å². The van der Waals surface area contributed by atoms with E-state index in [-0.39, 0.29) is 11.8 Å².